The molecule has 5 heteroatoms. The van der Waals surface area contributed by atoms with Crippen molar-refractivity contribution in [2.45, 2.75) is 19.3 Å². The number of isocyanates is 1. The highest BCUT2D eigenvalue weighted by molar-refractivity contribution is 5.43. The molecule has 0 amide bonds. The third-order valence-electron chi connectivity index (χ3n) is 2.58. The van der Waals surface area contributed by atoms with Gasteiger partial charge in [0, 0.05) is 19.0 Å². The summed E-state index contributed by atoms with van der Waals surface area (Å²) < 4.78 is 5.03. The van der Waals surface area contributed by atoms with E-state index < -0.39 is 0 Å². The summed E-state index contributed by atoms with van der Waals surface area (Å²) in [5.41, 5.74) is 0. The van der Waals surface area contributed by atoms with Crippen LogP contribution in [0.3, 0.4) is 0 Å². The van der Waals surface area contributed by atoms with Gasteiger partial charge in [-0.15, -0.1) is 4.99 Å². The predicted molar refractivity (Wildman–Crippen MR) is 53.7 cm³/mol. The molecule has 0 bridgehead atoms. The Morgan fingerprint density at radius 1 is 1.53 bits per heavy atom. The molecule has 2 heterocycles. The zero-order chi connectivity index (χ0) is 10.5. The standard InChI is InChI=1S/C10H13N3O2/c14-8-11-10-7-9(15-12-10)3-6-13-4-1-2-5-13/h7H,1-6H2. The van der Waals surface area contributed by atoms with E-state index in [9.17, 15) is 4.79 Å². The van der Waals surface area contributed by atoms with Gasteiger partial charge in [-0.25, -0.2) is 4.79 Å². The number of aromatic nitrogens is 1. The molecule has 0 radical (unpaired) electrons. The maximum absolute atomic E-state index is 9.97. The van der Waals surface area contributed by atoms with Crippen molar-refractivity contribution >= 4 is 11.9 Å². The Bertz CT molecular complexity index is 362. The molecule has 1 aliphatic rings. The van der Waals surface area contributed by atoms with Gasteiger partial charge in [-0.1, -0.05) is 5.16 Å². The average molecular weight is 207 g/mol. The number of hydrogen-bond acceptors (Lipinski definition) is 5. The molecule has 1 saturated heterocycles. The number of rotatable bonds is 4. The SMILES string of the molecule is O=C=Nc1cc(CCN2CCCC2)on1. The Morgan fingerprint density at radius 3 is 3.07 bits per heavy atom. The average Bonchev–Trinajstić information content (AvgIpc) is 2.85. The molecule has 0 atom stereocenters. The summed E-state index contributed by atoms with van der Waals surface area (Å²) in [7, 11) is 0. The van der Waals surface area contributed by atoms with Gasteiger partial charge in [0.15, 0.2) is 0 Å². The highest BCUT2D eigenvalue weighted by Crippen LogP contribution is 2.13. The molecule has 0 N–H and O–H groups in total. The molecule has 0 aliphatic carbocycles. The van der Waals surface area contributed by atoms with E-state index in [1.54, 1.807) is 6.07 Å². The summed E-state index contributed by atoms with van der Waals surface area (Å²) in [5, 5.41) is 3.63. The number of aliphatic imine (C=N–C) groups is 1. The Morgan fingerprint density at radius 2 is 2.33 bits per heavy atom. The molecule has 0 saturated carbocycles. The van der Waals surface area contributed by atoms with Crippen LogP contribution in [-0.2, 0) is 11.2 Å². The third-order valence-corrected chi connectivity index (χ3v) is 2.58. The largest absolute Gasteiger partial charge is 0.359 e. The maximum atomic E-state index is 9.97. The van der Waals surface area contributed by atoms with Crippen LogP contribution in [0, 0.1) is 0 Å². The van der Waals surface area contributed by atoms with Crippen LogP contribution < -0.4 is 0 Å². The van der Waals surface area contributed by atoms with Crippen molar-refractivity contribution in [3.63, 3.8) is 0 Å². The number of likely N-dealkylation sites (tertiary alicyclic amines) is 1. The second-order valence-corrected chi connectivity index (χ2v) is 3.65. The van der Waals surface area contributed by atoms with Gasteiger partial charge in [0.2, 0.25) is 11.9 Å². The van der Waals surface area contributed by atoms with Crippen molar-refractivity contribution in [1.29, 1.82) is 0 Å². The Balaban J connectivity index is 1.84. The minimum atomic E-state index is 0.307. The quantitative estimate of drug-likeness (QED) is 0.551. The minimum Gasteiger partial charge on any atom is -0.359 e. The molecule has 0 unspecified atom stereocenters. The lowest BCUT2D eigenvalue weighted by Crippen LogP contribution is -2.21. The van der Waals surface area contributed by atoms with E-state index in [1.165, 1.54) is 32.0 Å². The monoisotopic (exact) mass is 207 g/mol. The molecule has 5 nitrogen and oxygen atoms in total. The van der Waals surface area contributed by atoms with Gasteiger partial charge < -0.3 is 9.42 Å². The van der Waals surface area contributed by atoms with Crippen molar-refractivity contribution in [3.05, 3.63) is 11.8 Å². The van der Waals surface area contributed by atoms with E-state index in [0.717, 1.165) is 18.7 Å². The lowest BCUT2D eigenvalue weighted by molar-refractivity contribution is 0.315. The van der Waals surface area contributed by atoms with E-state index in [0.29, 0.717) is 5.82 Å². The first-order chi connectivity index (χ1) is 7.38. The normalized spacial score (nSPS) is 16.5. The summed E-state index contributed by atoms with van der Waals surface area (Å²) >= 11 is 0. The summed E-state index contributed by atoms with van der Waals surface area (Å²) in [6, 6.07) is 1.68. The Kier molecular flexibility index (Phi) is 3.27. The Labute approximate surface area is 87.8 Å². The summed E-state index contributed by atoms with van der Waals surface area (Å²) in [5.74, 6) is 1.08. The van der Waals surface area contributed by atoms with E-state index in [-0.39, 0.29) is 0 Å². The summed E-state index contributed by atoms with van der Waals surface area (Å²) in [6.07, 6.45) is 4.83. The summed E-state index contributed by atoms with van der Waals surface area (Å²) in [6.45, 7) is 3.33. The van der Waals surface area contributed by atoms with Gasteiger partial charge in [-0.3, -0.25) is 0 Å². The number of nitrogens with zero attached hydrogens (tertiary/aromatic N) is 3. The van der Waals surface area contributed by atoms with Crippen LogP contribution >= 0.6 is 0 Å². The minimum absolute atomic E-state index is 0.307. The smallest absolute Gasteiger partial charge is 0.242 e. The second-order valence-electron chi connectivity index (χ2n) is 3.65. The van der Waals surface area contributed by atoms with Gasteiger partial charge in [0.05, 0.1) is 0 Å². The van der Waals surface area contributed by atoms with Crippen LogP contribution in [0.4, 0.5) is 5.82 Å². The molecule has 1 aliphatic heterocycles. The fourth-order valence-corrected chi connectivity index (χ4v) is 1.79. The molecule has 15 heavy (non-hydrogen) atoms. The maximum Gasteiger partial charge on any atom is 0.242 e. The van der Waals surface area contributed by atoms with E-state index in [2.05, 4.69) is 15.0 Å². The lowest BCUT2D eigenvalue weighted by atomic mass is 10.3. The highest BCUT2D eigenvalue weighted by atomic mass is 16.5. The van der Waals surface area contributed by atoms with Gasteiger partial charge in [0.1, 0.15) is 5.76 Å². The van der Waals surface area contributed by atoms with Crippen molar-refractivity contribution in [2.75, 3.05) is 19.6 Å². The molecule has 0 spiro atoms. The fraction of sp³-hybridized carbons (Fsp3) is 0.600. The van der Waals surface area contributed by atoms with E-state index in [1.807, 2.05) is 0 Å². The first-order valence-electron chi connectivity index (χ1n) is 5.14. The molecular weight excluding hydrogens is 194 g/mol. The van der Waals surface area contributed by atoms with Gasteiger partial charge in [-0.2, -0.15) is 0 Å². The first kappa shape index (κ1) is 10.1. The fourth-order valence-electron chi connectivity index (χ4n) is 1.79. The zero-order valence-corrected chi connectivity index (χ0v) is 8.48. The zero-order valence-electron chi connectivity index (χ0n) is 8.48. The third kappa shape index (κ3) is 2.75. The summed E-state index contributed by atoms with van der Waals surface area (Å²) in [4.78, 5) is 15.7. The first-order valence-corrected chi connectivity index (χ1v) is 5.14. The van der Waals surface area contributed by atoms with Gasteiger partial charge >= 0.3 is 0 Å². The lowest BCUT2D eigenvalue weighted by Gasteiger charge is -2.12. The molecular formula is C10H13N3O2. The molecule has 0 aromatic carbocycles. The van der Waals surface area contributed by atoms with E-state index >= 15 is 0 Å². The molecule has 2 rings (SSSR count). The van der Waals surface area contributed by atoms with Crippen molar-refractivity contribution in [1.82, 2.24) is 10.1 Å². The van der Waals surface area contributed by atoms with Gasteiger partial charge in [0.25, 0.3) is 0 Å². The van der Waals surface area contributed by atoms with Crippen LogP contribution in [0.25, 0.3) is 0 Å². The number of hydrogen-bond donors (Lipinski definition) is 0. The topological polar surface area (TPSA) is 58.7 Å². The molecule has 1 fully saturated rings. The van der Waals surface area contributed by atoms with Crippen LogP contribution in [-0.4, -0.2) is 35.8 Å². The van der Waals surface area contributed by atoms with Crippen molar-refractivity contribution in [3.8, 4) is 0 Å². The van der Waals surface area contributed by atoms with Crippen molar-refractivity contribution < 1.29 is 9.32 Å². The molecule has 1 aromatic rings. The van der Waals surface area contributed by atoms with Crippen LogP contribution in [0.2, 0.25) is 0 Å². The van der Waals surface area contributed by atoms with Crippen molar-refractivity contribution in [2.24, 2.45) is 4.99 Å². The number of carbonyl (C=O) groups excluding carboxylic acids is 1. The van der Waals surface area contributed by atoms with Crippen LogP contribution in [0.1, 0.15) is 18.6 Å². The Hall–Kier alpha value is -1.45. The highest BCUT2D eigenvalue weighted by Gasteiger charge is 2.12. The molecule has 80 valence electrons. The van der Waals surface area contributed by atoms with E-state index in [4.69, 9.17) is 4.52 Å². The second kappa shape index (κ2) is 4.87. The van der Waals surface area contributed by atoms with Crippen LogP contribution in [0.15, 0.2) is 15.6 Å². The molecule has 1 aromatic heterocycles. The van der Waals surface area contributed by atoms with Crippen LogP contribution in [0.5, 0.6) is 0 Å². The predicted octanol–water partition coefficient (Wildman–Crippen LogP) is 1.28. The van der Waals surface area contributed by atoms with Gasteiger partial charge in [-0.05, 0) is 25.9 Å².